The molecule has 0 aliphatic rings. The molecule has 3 rings (SSSR count). The highest BCUT2D eigenvalue weighted by atomic mass is 16.7. The molecule has 0 atom stereocenters. The first-order valence-corrected chi connectivity index (χ1v) is 11.6. The van der Waals surface area contributed by atoms with Gasteiger partial charge in [0.25, 0.3) is 0 Å². The Morgan fingerprint density at radius 3 is 2.21 bits per heavy atom. The second kappa shape index (κ2) is 11.9. The summed E-state index contributed by atoms with van der Waals surface area (Å²) in [7, 11) is 0. The van der Waals surface area contributed by atoms with E-state index < -0.39 is 11.9 Å². The van der Waals surface area contributed by atoms with Crippen LogP contribution in [0.3, 0.4) is 0 Å². The van der Waals surface area contributed by atoms with Crippen molar-refractivity contribution in [3.05, 3.63) is 65.9 Å². The van der Waals surface area contributed by atoms with Crippen molar-refractivity contribution in [2.45, 2.75) is 59.8 Å². The summed E-state index contributed by atoms with van der Waals surface area (Å²) in [5.41, 5.74) is 5.17. The number of hydrogen-bond acceptors (Lipinski definition) is 6. The summed E-state index contributed by atoms with van der Waals surface area (Å²) in [6, 6.07) is 16.0. The van der Waals surface area contributed by atoms with Gasteiger partial charge in [-0.2, -0.15) is 0 Å². The minimum Gasteiger partial charge on any atom is -0.318 e. The van der Waals surface area contributed by atoms with Gasteiger partial charge in [0.1, 0.15) is 0 Å². The van der Waals surface area contributed by atoms with E-state index in [1.54, 1.807) is 6.92 Å². The van der Waals surface area contributed by atoms with Crippen LogP contribution in [0.5, 0.6) is 0 Å². The summed E-state index contributed by atoms with van der Waals surface area (Å²) in [6.07, 6.45) is 7.16. The van der Waals surface area contributed by atoms with Gasteiger partial charge in [-0.1, -0.05) is 66.8 Å². The fourth-order valence-electron chi connectivity index (χ4n) is 3.74. The van der Waals surface area contributed by atoms with Crippen molar-refractivity contribution >= 4 is 34.3 Å². The van der Waals surface area contributed by atoms with Gasteiger partial charge in [0.05, 0.1) is 16.9 Å². The molecule has 0 saturated heterocycles. The fraction of sp³-hybridized carbons (Fsp3) is 0.333. The number of fused-ring (bicyclic) bond motifs is 1. The molecule has 3 aromatic rings. The standard InChI is InChI=1S/C27H31N3O4/c1-5-6-7-8-12-26(29-34-21(4)32)25-18-30(27-13-10-9-11-24(25)27)23-16-14-22(15-17-23)19(2)28-33-20(3)31/h9-11,13-18H,5-8,12H2,1-4H3/b28-19+,29-26+. The quantitative estimate of drug-likeness (QED) is 0.157. The molecule has 0 radical (unpaired) electrons. The van der Waals surface area contributed by atoms with Crippen LogP contribution in [0.15, 0.2) is 65.0 Å². The molecule has 0 aliphatic heterocycles. The lowest BCUT2D eigenvalue weighted by molar-refractivity contribution is -0.141. The van der Waals surface area contributed by atoms with Gasteiger partial charge in [0.15, 0.2) is 0 Å². The SMILES string of the molecule is CCCCCC/C(=N\OC(C)=O)c1cn(-c2ccc(/C(C)=N/OC(C)=O)cc2)c2ccccc12. The van der Waals surface area contributed by atoms with Crippen molar-refractivity contribution in [3.8, 4) is 5.69 Å². The van der Waals surface area contributed by atoms with Crippen molar-refractivity contribution in [2.24, 2.45) is 10.3 Å². The van der Waals surface area contributed by atoms with E-state index in [1.165, 1.54) is 13.8 Å². The van der Waals surface area contributed by atoms with E-state index in [9.17, 15) is 9.59 Å². The predicted molar refractivity (Wildman–Crippen MR) is 134 cm³/mol. The first-order chi connectivity index (χ1) is 16.4. The minimum atomic E-state index is -0.455. The molecule has 0 bridgehead atoms. The monoisotopic (exact) mass is 461 g/mol. The van der Waals surface area contributed by atoms with Crippen LogP contribution in [0.2, 0.25) is 0 Å². The van der Waals surface area contributed by atoms with Gasteiger partial charge in [-0.25, -0.2) is 9.59 Å². The summed E-state index contributed by atoms with van der Waals surface area (Å²) in [6.45, 7) is 6.64. The van der Waals surface area contributed by atoms with E-state index >= 15 is 0 Å². The molecule has 0 amide bonds. The third-order valence-electron chi connectivity index (χ3n) is 5.45. The van der Waals surface area contributed by atoms with Gasteiger partial charge in [0.2, 0.25) is 0 Å². The zero-order chi connectivity index (χ0) is 24.5. The van der Waals surface area contributed by atoms with Gasteiger partial charge in [-0.15, -0.1) is 0 Å². The van der Waals surface area contributed by atoms with E-state index in [4.69, 9.17) is 9.68 Å². The maximum Gasteiger partial charge on any atom is 0.331 e. The number of benzene rings is 2. The highest BCUT2D eigenvalue weighted by Gasteiger charge is 2.16. The van der Waals surface area contributed by atoms with Crippen LogP contribution in [-0.2, 0) is 19.3 Å². The molecule has 7 nitrogen and oxygen atoms in total. The van der Waals surface area contributed by atoms with Crippen LogP contribution >= 0.6 is 0 Å². The van der Waals surface area contributed by atoms with Gasteiger partial charge >= 0.3 is 11.9 Å². The number of nitrogens with zero attached hydrogens (tertiary/aromatic N) is 3. The number of carbonyl (C=O) groups is 2. The Balaban J connectivity index is 1.98. The molecule has 7 heteroatoms. The lowest BCUT2D eigenvalue weighted by Gasteiger charge is -2.07. The van der Waals surface area contributed by atoms with E-state index in [2.05, 4.69) is 33.9 Å². The summed E-state index contributed by atoms with van der Waals surface area (Å²) >= 11 is 0. The first kappa shape index (κ1) is 24.9. The molecule has 0 aliphatic carbocycles. The summed E-state index contributed by atoms with van der Waals surface area (Å²) in [4.78, 5) is 32.3. The molecule has 1 heterocycles. The largest absolute Gasteiger partial charge is 0.331 e. The number of hydrogen-bond donors (Lipinski definition) is 0. The number of oxime groups is 2. The molecule has 0 unspecified atom stereocenters. The molecule has 178 valence electrons. The second-order valence-electron chi connectivity index (χ2n) is 8.17. The van der Waals surface area contributed by atoms with E-state index in [1.807, 2.05) is 42.6 Å². The number of rotatable bonds is 10. The lowest BCUT2D eigenvalue weighted by Crippen LogP contribution is -2.04. The maximum absolute atomic E-state index is 11.4. The number of unbranched alkanes of at least 4 members (excludes halogenated alkanes) is 3. The van der Waals surface area contributed by atoms with Gasteiger partial charge < -0.3 is 14.2 Å². The summed E-state index contributed by atoms with van der Waals surface area (Å²) in [5.74, 6) is -0.889. The molecule has 1 aromatic heterocycles. The Labute approximate surface area is 200 Å². The first-order valence-electron chi connectivity index (χ1n) is 11.6. The van der Waals surface area contributed by atoms with Crippen LogP contribution in [0.4, 0.5) is 0 Å². The van der Waals surface area contributed by atoms with Gasteiger partial charge in [-0.3, -0.25) is 0 Å². The molecule has 2 aromatic carbocycles. The Morgan fingerprint density at radius 2 is 1.53 bits per heavy atom. The lowest BCUT2D eigenvalue weighted by atomic mass is 10.0. The Bertz CT molecular complexity index is 1210. The zero-order valence-corrected chi connectivity index (χ0v) is 20.2. The van der Waals surface area contributed by atoms with Gasteiger partial charge in [0, 0.05) is 36.7 Å². The molecule has 0 N–H and O–H groups in total. The fourth-order valence-corrected chi connectivity index (χ4v) is 3.74. The molecular weight excluding hydrogens is 430 g/mol. The molecule has 0 saturated carbocycles. The normalized spacial score (nSPS) is 12.1. The minimum absolute atomic E-state index is 0.434. The highest BCUT2D eigenvalue weighted by Crippen LogP contribution is 2.27. The number of para-hydroxylation sites is 1. The average molecular weight is 462 g/mol. The number of aromatic nitrogens is 1. The maximum atomic E-state index is 11.4. The van der Waals surface area contributed by atoms with Crippen molar-refractivity contribution in [1.82, 2.24) is 4.57 Å². The van der Waals surface area contributed by atoms with Crippen molar-refractivity contribution in [3.63, 3.8) is 0 Å². The summed E-state index contributed by atoms with van der Waals surface area (Å²) in [5, 5.41) is 9.11. The smallest absolute Gasteiger partial charge is 0.318 e. The zero-order valence-electron chi connectivity index (χ0n) is 20.2. The van der Waals surface area contributed by atoms with Crippen LogP contribution in [0.25, 0.3) is 16.6 Å². The molecular formula is C27H31N3O4. The Kier molecular flexibility index (Phi) is 8.73. The third-order valence-corrected chi connectivity index (χ3v) is 5.45. The van der Waals surface area contributed by atoms with E-state index in [0.29, 0.717) is 5.71 Å². The topological polar surface area (TPSA) is 82.2 Å². The van der Waals surface area contributed by atoms with Crippen molar-refractivity contribution < 1.29 is 19.3 Å². The molecule has 34 heavy (non-hydrogen) atoms. The molecule has 0 spiro atoms. The third kappa shape index (κ3) is 6.41. The van der Waals surface area contributed by atoms with Crippen LogP contribution < -0.4 is 0 Å². The summed E-state index contributed by atoms with van der Waals surface area (Å²) < 4.78 is 2.10. The highest BCUT2D eigenvalue weighted by molar-refractivity contribution is 6.11. The van der Waals surface area contributed by atoms with Crippen molar-refractivity contribution in [1.29, 1.82) is 0 Å². The average Bonchev–Trinajstić information content (AvgIpc) is 3.21. The van der Waals surface area contributed by atoms with Crippen LogP contribution in [0, 0.1) is 0 Å². The van der Waals surface area contributed by atoms with Crippen molar-refractivity contribution in [2.75, 3.05) is 0 Å². The van der Waals surface area contributed by atoms with E-state index in [-0.39, 0.29) is 0 Å². The predicted octanol–water partition coefficient (Wildman–Crippen LogP) is 6.16. The van der Waals surface area contributed by atoms with E-state index in [0.717, 1.165) is 65.5 Å². The molecule has 0 fully saturated rings. The number of carbonyl (C=O) groups excluding carboxylic acids is 2. The van der Waals surface area contributed by atoms with Gasteiger partial charge in [-0.05, 0) is 43.5 Å². The Morgan fingerprint density at radius 1 is 0.853 bits per heavy atom. The van der Waals surface area contributed by atoms with Crippen LogP contribution in [0.1, 0.15) is 70.9 Å². The Hall–Kier alpha value is -3.74. The second-order valence-corrected chi connectivity index (χ2v) is 8.17. The van der Waals surface area contributed by atoms with Crippen LogP contribution in [-0.4, -0.2) is 27.9 Å².